The molecule has 1 aromatic heterocycles. The van der Waals surface area contributed by atoms with Crippen LogP contribution in [-0.2, 0) is 17.6 Å². The molecule has 0 aliphatic rings. The minimum Gasteiger partial charge on any atom is -0.478 e. The molecule has 1 heterocycles. The van der Waals surface area contributed by atoms with Crippen molar-refractivity contribution in [3.05, 3.63) is 57.8 Å². The summed E-state index contributed by atoms with van der Waals surface area (Å²) in [5.41, 5.74) is 1.19. The average Bonchev–Trinajstić information content (AvgIpc) is 2.99. The van der Waals surface area contributed by atoms with Gasteiger partial charge in [-0.15, -0.1) is 11.3 Å². The second kappa shape index (κ2) is 7.59. The van der Waals surface area contributed by atoms with Crippen LogP contribution in [0.2, 0.25) is 0 Å². The Hall–Kier alpha value is -2.14. The molecule has 2 aromatic rings. The number of carbonyl (C=O) groups is 2. The summed E-state index contributed by atoms with van der Waals surface area (Å²) in [7, 11) is 0. The van der Waals surface area contributed by atoms with Gasteiger partial charge in [-0.3, -0.25) is 4.79 Å². The number of hydrogen-bond donors (Lipinski definition) is 2. The average molecular weight is 303 g/mol. The van der Waals surface area contributed by atoms with E-state index in [0.717, 1.165) is 12.0 Å². The van der Waals surface area contributed by atoms with Crippen molar-refractivity contribution in [1.82, 2.24) is 5.32 Å². The quantitative estimate of drug-likeness (QED) is 0.826. The minimum atomic E-state index is -0.933. The van der Waals surface area contributed by atoms with Gasteiger partial charge in [0.2, 0.25) is 5.91 Å². The van der Waals surface area contributed by atoms with Crippen molar-refractivity contribution in [2.24, 2.45) is 0 Å². The number of amides is 1. The van der Waals surface area contributed by atoms with Crippen molar-refractivity contribution in [1.29, 1.82) is 0 Å². The van der Waals surface area contributed by atoms with E-state index in [9.17, 15) is 9.59 Å². The van der Waals surface area contributed by atoms with Gasteiger partial charge in [0.15, 0.2) is 0 Å². The first-order chi connectivity index (χ1) is 10.1. The fraction of sp³-hybridized carbons (Fsp3) is 0.250. The number of rotatable bonds is 7. The van der Waals surface area contributed by atoms with Crippen LogP contribution in [0.4, 0.5) is 0 Å². The maximum atomic E-state index is 11.7. The SMILES string of the molecule is O=C(CCc1cccs1)NCCc1cccc(C(=O)O)c1. The van der Waals surface area contributed by atoms with E-state index in [-0.39, 0.29) is 11.5 Å². The van der Waals surface area contributed by atoms with Crippen molar-refractivity contribution in [2.75, 3.05) is 6.54 Å². The molecule has 0 saturated carbocycles. The molecule has 0 unspecified atom stereocenters. The Balaban J connectivity index is 1.72. The maximum Gasteiger partial charge on any atom is 0.335 e. The van der Waals surface area contributed by atoms with Gasteiger partial charge in [0, 0.05) is 17.8 Å². The smallest absolute Gasteiger partial charge is 0.335 e. The predicted molar refractivity (Wildman–Crippen MR) is 82.8 cm³/mol. The summed E-state index contributed by atoms with van der Waals surface area (Å²) in [4.78, 5) is 23.8. The first-order valence-electron chi connectivity index (χ1n) is 6.76. The molecule has 0 fully saturated rings. The van der Waals surface area contributed by atoms with Crippen LogP contribution in [-0.4, -0.2) is 23.5 Å². The first-order valence-corrected chi connectivity index (χ1v) is 7.64. The molecule has 0 radical (unpaired) electrons. The number of benzene rings is 1. The molecule has 110 valence electrons. The molecule has 2 N–H and O–H groups in total. The van der Waals surface area contributed by atoms with Gasteiger partial charge in [-0.2, -0.15) is 0 Å². The van der Waals surface area contributed by atoms with Crippen molar-refractivity contribution in [2.45, 2.75) is 19.3 Å². The minimum absolute atomic E-state index is 0.0257. The molecule has 5 heteroatoms. The summed E-state index contributed by atoms with van der Waals surface area (Å²) >= 11 is 1.65. The Morgan fingerprint density at radius 3 is 2.71 bits per heavy atom. The number of carboxylic acid groups (broad SMARTS) is 1. The van der Waals surface area contributed by atoms with E-state index in [2.05, 4.69) is 5.32 Å². The fourth-order valence-electron chi connectivity index (χ4n) is 1.99. The number of nitrogens with one attached hydrogen (secondary N) is 1. The molecule has 0 spiro atoms. The Labute approximate surface area is 127 Å². The van der Waals surface area contributed by atoms with Gasteiger partial charge in [0.25, 0.3) is 0 Å². The number of aromatic carboxylic acids is 1. The van der Waals surface area contributed by atoms with Crippen LogP contribution in [0.3, 0.4) is 0 Å². The molecular weight excluding hydrogens is 286 g/mol. The lowest BCUT2D eigenvalue weighted by molar-refractivity contribution is -0.121. The van der Waals surface area contributed by atoms with Crippen molar-refractivity contribution in [3.63, 3.8) is 0 Å². The Bertz CT molecular complexity index is 608. The summed E-state index contributed by atoms with van der Waals surface area (Å²) < 4.78 is 0. The molecule has 21 heavy (non-hydrogen) atoms. The zero-order chi connectivity index (χ0) is 15.1. The molecule has 0 atom stereocenters. The molecule has 0 bridgehead atoms. The van der Waals surface area contributed by atoms with Gasteiger partial charge in [-0.25, -0.2) is 4.79 Å². The van der Waals surface area contributed by atoms with Crippen molar-refractivity contribution in [3.8, 4) is 0 Å². The summed E-state index contributed by atoms with van der Waals surface area (Å²) in [5.74, 6) is -0.908. The maximum absolute atomic E-state index is 11.7. The van der Waals surface area contributed by atoms with Gasteiger partial charge >= 0.3 is 5.97 Å². The predicted octanol–water partition coefficient (Wildman–Crippen LogP) is 2.74. The monoisotopic (exact) mass is 303 g/mol. The van der Waals surface area contributed by atoms with E-state index in [1.807, 2.05) is 23.6 Å². The third-order valence-corrected chi connectivity index (χ3v) is 4.02. The first kappa shape index (κ1) is 15.3. The third-order valence-electron chi connectivity index (χ3n) is 3.09. The highest BCUT2D eigenvalue weighted by molar-refractivity contribution is 7.09. The van der Waals surface area contributed by atoms with E-state index in [4.69, 9.17) is 5.11 Å². The second-order valence-electron chi connectivity index (χ2n) is 4.68. The molecule has 1 aromatic carbocycles. The lowest BCUT2D eigenvalue weighted by Crippen LogP contribution is -2.25. The van der Waals surface area contributed by atoms with Crippen LogP contribution in [0.25, 0.3) is 0 Å². The topological polar surface area (TPSA) is 66.4 Å². The normalized spacial score (nSPS) is 10.3. The second-order valence-corrected chi connectivity index (χ2v) is 5.72. The number of hydrogen-bond acceptors (Lipinski definition) is 3. The highest BCUT2D eigenvalue weighted by Crippen LogP contribution is 2.10. The summed E-state index contributed by atoms with van der Waals surface area (Å²) in [6.07, 6.45) is 1.87. The standard InChI is InChI=1S/C16H17NO3S/c18-15(7-6-14-5-2-10-21-14)17-9-8-12-3-1-4-13(11-12)16(19)20/h1-5,10-11H,6-9H2,(H,17,18)(H,19,20). The van der Waals surface area contributed by atoms with Crippen molar-refractivity contribution < 1.29 is 14.7 Å². The van der Waals surface area contributed by atoms with E-state index in [1.165, 1.54) is 4.88 Å². The molecule has 0 aliphatic heterocycles. The summed E-state index contributed by atoms with van der Waals surface area (Å²) in [6, 6.07) is 10.8. The number of carboxylic acids is 1. The van der Waals surface area contributed by atoms with Gasteiger partial charge < -0.3 is 10.4 Å². The van der Waals surface area contributed by atoms with Crippen LogP contribution in [0.15, 0.2) is 41.8 Å². The largest absolute Gasteiger partial charge is 0.478 e. The molecule has 1 amide bonds. The zero-order valence-corrected chi connectivity index (χ0v) is 12.4. The molecule has 4 nitrogen and oxygen atoms in total. The van der Waals surface area contributed by atoms with Crippen LogP contribution in [0, 0.1) is 0 Å². The van der Waals surface area contributed by atoms with Crippen LogP contribution >= 0.6 is 11.3 Å². The van der Waals surface area contributed by atoms with Gasteiger partial charge in [0.05, 0.1) is 5.56 Å². The van der Waals surface area contributed by atoms with Crippen LogP contribution in [0.5, 0.6) is 0 Å². The lowest BCUT2D eigenvalue weighted by Gasteiger charge is -2.05. The Morgan fingerprint density at radius 1 is 1.14 bits per heavy atom. The number of carbonyl (C=O) groups excluding carboxylic acids is 1. The van der Waals surface area contributed by atoms with E-state index in [0.29, 0.717) is 19.4 Å². The fourth-order valence-corrected chi connectivity index (χ4v) is 2.70. The number of thiophene rings is 1. The number of aryl methyl sites for hydroxylation is 1. The lowest BCUT2D eigenvalue weighted by atomic mass is 10.1. The van der Waals surface area contributed by atoms with Crippen molar-refractivity contribution >= 4 is 23.2 Å². The van der Waals surface area contributed by atoms with Gasteiger partial charge in [0.1, 0.15) is 0 Å². The van der Waals surface area contributed by atoms with E-state index >= 15 is 0 Å². The Kier molecular flexibility index (Phi) is 5.51. The molecule has 0 aliphatic carbocycles. The zero-order valence-electron chi connectivity index (χ0n) is 11.5. The Morgan fingerprint density at radius 2 is 2.00 bits per heavy atom. The van der Waals surface area contributed by atoms with E-state index in [1.54, 1.807) is 29.5 Å². The van der Waals surface area contributed by atoms with Gasteiger partial charge in [-0.05, 0) is 42.0 Å². The summed E-state index contributed by atoms with van der Waals surface area (Å²) in [5, 5.41) is 13.8. The summed E-state index contributed by atoms with van der Waals surface area (Å²) in [6.45, 7) is 0.520. The molecule has 2 rings (SSSR count). The molecular formula is C16H17NO3S. The highest BCUT2D eigenvalue weighted by atomic mass is 32.1. The van der Waals surface area contributed by atoms with Gasteiger partial charge in [-0.1, -0.05) is 18.2 Å². The third kappa shape index (κ3) is 5.04. The van der Waals surface area contributed by atoms with Crippen LogP contribution in [0.1, 0.15) is 27.2 Å². The highest BCUT2D eigenvalue weighted by Gasteiger charge is 2.05. The van der Waals surface area contributed by atoms with Crippen LogP contribution < -0.4 is 5.32 Å². The molecule has 0 saturated heterocycles. The van der Waals surface area contributed by atoms with E-state index < -0.39 is 5.97 Å².